The second-order valence-electron chi connectivity index (χ2n) is 10.1. The van der Waals surface area contributed by atoms with Crippen molar-refractivity contribution in [2.75, 3.05) is 5.73 Å². The van der Waals surface area contributed by atoms with Crippen LogP contribution in [-0.4, -0.2) is 46.6 Å². The molecular formula is C31H23FN8O3. The highest BCUT2D eigenvalue weighted by Crippen LogP contribution is 2.36. The average Bonchev–Trinajstić information content (AvgIpc) is 3.73. The van der Waals surface area contributed by atoms with Crippen LogP contribution in [0.4, 0.5) is 10.2 Å². The van der Waals surface area contributed by atoms with E-state index in [-0.39, 0.29) is 28.8 Å². The zero-order chi connectivity index (χ0) is 29.7. The molecule has 0 spiro atoms. The van der Waals surface area contributed by atoms with Crippen molar-refractivity contribution in [3.8, 4) is 28.6 Å². The van der Waals surface area contributed by atoms with Crippen LogP contribution in [0.1, 0.15) is 44.3 Å². The molecule has 0 radical (unpaired) electrons. The number of phenolic OH excluding ortho intramolecular Hbond substituents is 1. The van der Waals surface area contributed by atoms with E-state index in [1.54, 1.807) is 24.4 Å². The minimum atomic E-state index is -0.617. The largest absolute Gasteiger partial charge is 0.507 e. The number of nitrogens with two attached hydrogens (primary N) is 1. The number of amides is 1. The third kappa shape index (κ3) is 4.54. The van der Waals surface area contributed by atoms with Crippen LogP contribution in [0.2, 0.25) is 0 Å². The molecule has 4 aromatic heterocycles. The number of nitrogens with zero attached hydrogens (tertiary/aromatic N) is 6. The van der Waals surface area contributed by atoms with Crippen molar-refractivity contribution in [1.29, 1.82) is 0 Å². The number of carbonyl (C=O) groups excluding carboxylic acids is 2. The Morgan fingerprint density at radius 3 is 2.77 bits per heavy atom. The zero-order valence-electron chi connectivity index (χ0n) is 22.5. The third-order valence-electron chi connectivity index (χ3n) is 7.55. The summed E-state index contributed by atoms with van der Waals surface area (Å²) in [5, 5.41) is 16.7. The van der Waals surface area contributed by atoms with Crippen molar-refractivity contribution < 1.29 is 19.1 Å². The molecule has 1 aliphatic rings. The van der Waals surface area contributed by atoms with E-state index in [0.29, 0.717) is 53.3 Å². The number of anilines is 1. The number of fused-ring (bicyclic) bond motifs is 2. The first-order valence-electron chi connectivity index (χ1n) is 13.4. The van der Waals surface area contributed by atoms with Gasteiger partial charge in [-0.25, -0.2) is 19.6 Å². The first-order chi connectivity index (χ1) is 20.9. The van der Waals surface area contributed by atoms with E-state index in [4.69, 9.17) is 15.7 Å². The highest BCUT2D eigenvalue weighted by Gasteiger charge is 2.26. The Kier molecular flexibility index (Phi) is 6.16. The molecule has 0 bridgehead atoms. The smallest absolute Gasteiger partial charge is 0.251 e. The zero-order valence-corrected chi connectivity index (χ0v) is 22.5. The van der Waals surface area contributed by atoms with Crippen LogP contribution in [0.3, 0.4) is 0 Å². The molecule has 0 saturated carbocycles. The fourth-order valence-corrected chi connectivity index (χ4v) is 5.46. The fraction of sp³-hybridized carbons (Fsp3) is 0.0968. The van der Waals surface area contributed by atoms with Gasteiger partial charge in [-0.3, -0.25) is 14.2 Å². The molecule has 1 atom stereocenters. The monoisotopic (exact) mass is 574 g/mol. The number of nitrogen functional groups attached to an aromatic ring is 1. The summed E-state index contributed by atoms with van der Waals surface area (Å²) in [7, 11) is 0. The quantitative estimate of drug-likeness (QED) is 0.249. The summed E-state index contributed by atoms with van der Waals surface area (Å²) >= 11 is 0. The molecule has 0 saturated heterocycles. The van der Waals surface area contributed by atoms with E-state index in [9.17, 15) is 19.1 Å². The normalized spacial score (nSPS) is 14.1. The van der Waals surface area contributed by atoms with E-state index in [1.807, 2.05) is 28.8 Å². The second-order valence-corrected chi connectivity index (χ2v) is 10.1. The maximum atomic E-state index is 13.7. The molecule has 0 aliphatic heterocycles. The summed E-state index contributed by atoms with van der Waals surface area (Å²) in [5.74, 6) is 0.130. The summed E-state index contributed by atoms with van der Waals surface area (Å²) in [6.07, 6.45) is 5.01. The van der Waals surface area contributed by atoms with Crippen LogP contribution in [0, 0.1) is 5.95 Å². The van der Waals surface area contributed by atoms with Gasteiger partial charge in [-0.05, 0) is 78.6 Å². The summed E-state index contributed by atoms with van der Waals surface area (Å²) in [4.78, 5) is 38.1. The number of imidazole rings is 1. The van der Waals surface area contributed by atoms with E-state index >= 15 is 0 Å². The number of phenols is 1. The summed E-state index contributed by atoms with van der Waals surface area (Å²) in [5.41, 5.74) is 11.1. The van der Waals surface area contributed by atoms with Crippen molar-refractivity contribution in [3.63, 3.8) is 0 Å². The molecule has 6 aromatic rings. The molecule has 1 aliphatic carbocycles. The molecule has 4 heterocycles. The van der Waals surface area contributed by atoms with Gasteiger partial charge in [0.05, 0.1) is 17.2 Å². The van der Waals surface area contributed by atoms with Crippen LogP contribution < -0.4 is 11.1 Å². The van der Waals surface area contributed by atoms with Crippen LogP contribution >= 0.6 is 0 Å². The molecule has 7 rings (SSSR count). The van der Waals surface area contributed by atoms with Crippen molar-refractivity contribution >= 4 is 29.2 Å². The number of aldehydes is 1. The molecule has 0 unspecified atom stereocenters. The molecule has 212 valence electrons. The lowest BCUT2D eigenvalue weighted by atomic mass is 10.1. The summed E-state index contributed by atoms with van der Waals surface area (Å²) in [6.45, 7) is 0. The van der Waals surface area contributed by atoms with Gasteiger partial charge in [0.25, 0.3) is 5.91 Å². The molecule has 2 aromatic carbocycles. The van der Waals surface area contributed by atoms with Gasteiger partial charge in [0.15, 0.2) is 23.6 Å². The van der Waals surface area contributed by atoms with Gasteiger partial charge in [-0.2, -0.15) is 4.39 Å². The Hall–Kier alpha value is -5.91. The number of aromatic hydroxyl groups is 1. The Morgan fingerprint density at radius 1 is 1.09 bits per heavy atom. The highest BCUT2D eigenvalue weighted by atomic mass is 19.1. The lowest BCUT2D eigenvalue weighted by Gasteiger charge is -2.16. The predicted molar refractivity (Wildman–Crippen MR) is 156 cm³/mol. The van der Waals surface area contributed by atoms with Crippen LogP contribution in [0.15, 0.2) is 79.1 Å². The van der Waals surface area contributed by atoms with Crippen molar-refractivity contribution in [2.45, 2.75) is 18.9 Å². The number of hydrogen-bond acceptors (Lipinski definition) is 8. The summed E-state index contributed by atoms with van der Waals surface area (Å²) < 4.78 is 16.9. The number of carbonyl (C=O) groups is 2. The van der Waals surface area contributed by atoms with Gasteiger partial charge in [-0.1, -0.05) is 6.07 Å². The van der Waals surface area contributed by atoms with Gasteiger partial charge in [0.1, 0.15) is 17.1 Å². The molecular weight excluding hydrogens is 551 g/mol. The van der Waals surface area contributed by atoms with Crippen molar-refractivity contribution in [1.82, 2.24) is 34.6 Å². The van der Waals surface area contributed by atoms with E-state index in [1.165, 1.54) is 35.1 Å². The standard InChI is InChI=1S/C31H23FN8O3/c32-26-11-13-39(38-26)27-10-8-24-30(37-27)40(29(35-24)22-2-1-12-34-28(22)33)20-5-6-21-17(15-20)3-7-23(21)36-31(43)18-4-9-25(42)19(14-18)16-41/h1-2,4-6,8-16,23,42H,3,7H2,(H2,33,34)(H,36,43)/t23-/m0/s1. The van der Waals surface area contributed by atoms with Gasteiger partial charge >= 0.3 is 0 Å². The Morgan fingerprint density at radius 2 is 1.98 bits per heavy atom. The van der Waals surface area contributed by atoms with Crippen molar-refractivity contribution in [3.05, 3.63) is 107 Å². The van der Waals surface area contributed by atoms with E-state index in [2.05, 4.69) is 15.4 Å². The molecule has 43 heavy (non-hydrogen) atoms. The number of aryl methyl sites for hydroxylation is 1. The van der Waals surface area contributed by atoms with Crippen LogP contribution in [0.25, 0.3) is 34.1 Å². The third-order valence-corrected chi connectivity index (χ3v) is 7.55. The fourth-order valence-electron chi connectivity index (χ4n) is 5.46. The van der Waals surface area contributed by atoms with E-state index in [0.717, 1.165) is 16.8 Å². The lowest BCUT2D eigenvalue weighted by molar-refractivity contribution is 0.0936. The molecule has 0 fully saturated rings. The van der Waals surface area contributed by atoms with Gasteiger partial charge in [-0.15, -0.1) is 5.10 Å². The Bertz CT molecular complexity index is 2070. The number of benzene rings is 2. The highest BCUT2D eigenvalue weighted by molar-refractivity contribution is 5.96. The average molecular weight is 575 g/mol. The molecule has 4 N–H and O–H groups in total. The molecule has 1 amide bonds. The molecule has 11 nitrogen and oxygen atoms in total. The maximum Gasteiger partial charge on any atom is 0.251 e. The topological polar surface area (TPSA) is 154 Å². The number of rotatable bonds is 6. The van der Waals surface area contributed by atoms with Crippen LogP contribution in [0.5, 0.6) is 5.75 Å². The van der Waals surface area contributed by atoms with Crippen molar-refractivity contribution in [2.24, 2.45) is 0 Å². The van der Waals surface area contributed by atoms with Gasteiger partial charge < -0.3 is 16.2 Å². The number of aromatic nitrogens is 6. The Labute approximate surface area is 243 Å². The minimum absolute atomic E-state index is 0.0520. The maximum absolute atomic E-state index is 13.7. The van der Waals surface area contributed by atoms with Gasteiger partial charge in [0.2, 0.25) is 5.95 Å². The Balaban J connectivity index is 1.29. The van der Waals surface area contributed by atoms with Gasteiger partial charge in [0, 0.05) is 29.7 Å². The first kappa shape index (κ1) is 26.0. The first-order valence-corrected chi connectivity index (χ1v) is 13.4. The molecule has 12 heteroatoms. The summed E-state index contributed by atoms with van der Waals surface area (Å²) in [6, 6.07) is 18.2. The number of pyridine rings is 2. The van der Waals surface area contributed by atoms with E-state index < -0.39 is 5.95 Å². The minimum Gasteiger partial charge on any atom is -0.507 e. The lowest BCUT2D eigenvalue weighted by Crippen LogP contribution is -2.27. The number of nitrogens with one attached hydrogen (secondary N) is 1. The predicted octanol–water partition coefficient (Wildman–Crippen LogP) is 4.32. The SMILES string of the molecule is Nc1ncccc1-c1nc2ccc(-n3ccc(F)n3)nc2n1-c1ccc2c(c1)CC[C@@H]2NC(=O)c1ccc(O)c(C=O)c1. The number of hydrogen-bond donors (Lipinski definition) is 3. The second kappa shape index (κ2) is 10.2. The van der Waals surface area contributed by atoms with Crippen LogP contribution in [-0.2, 0) is 6.42 Å². The number of halogens is 1.